The Kier molecular flexibility index (Phi) is 16.9. The minimum absolute atomic E-state index is 0.305. The summed E-state index contributed by atoms with van der Waals surface area (Å²) >= 11 is 0. The van der Waals surface area contributed by atoms with Crippen LogP contribution in [-0.2, 0) is 19.1 Å². The summed E-state index contributed by atoms with van der Waals surface area (Å²) in [7, 11) is -0.775. The predicted molar refractivity (Wildman–Crippen MR) is 108 cm³/mol. The minimum Gasteiger partial charge on any atom is -0.481 e. The van der Waals surface area contributed by atoms with Gasteiger partial charge in [0.25, 0.3) is 0 Å². The molecule has 0 amide bonds. The van der Waals surface area contributed by atoms with Crippen LogP contribution in [0.2, 0.25) is 25.7 Å². The van der Waals surface area contributed by atoms with Crippen molar-refractivity contribution >= 4 is 20.0 Å². The molecule has 1 N–H and O–H groups in total. The number of esters is 1. The molecule has 0 aromatic rings. The van der Waals surface area contributed by atoms with Crippen molar-refractivity contribution in [1.82, 2.24) is 0 Å². The monoisotopic (exact) mass is 374 g/mol. The lowest BCUT2D eigenvalue weighted by atomic mass is 9.98. The largest absolute Gasteiger partial charge is 0.481 e. The molecule has 0 fully saturated rings. The van der Waals surface area contributed by atoms with Gasteiger partial charge in [-0.05, 0) is 40.7 Å². The van der Waals surface area contributed by atoms with E-state index in [9.17, 15) is 9.59 Å². The molecule has 5 nitrogen and oxygen atoms in total. The molecular formula is C19H38O5Si. The van der Waals surface area contributed by atoms with E-state index < -0.39 is 19.5 Å². The Hall–Kier alpha value is -1.40. The van der Waals surface area contributed by atoms with Crippen LogP contribution in [0.3, 0.4) is 0 Å². The topological polar surface area (TPSA) is 72.8 Å². The number of carbonyl (C=O) groups excluding carboxylic acids is 1. The van der Waals surface area contributed by atoms with E-state index in [0.29, 0.717) is 25.4 Å². The Morgan fingerprint density at radius 3 is 1.80 bits per heavy atom. The van der Waals surface area contributed by atoms with Gasteiger partial charge in [-0.2, -0.15) is 0 Å². The number of ether oxygens (including phenoxy) is 2. The van der Waals surface area contributed by atoms with Crippen LogP contribution in [0, 0.1) is 5.41 Å². The summed E-state index contributed by atoms with van der Waals surface area (Å²) in [5, 5.41) is 8.25. The number of carboxylic acids is 1. The molecule has 0 aliphatic rings. The maximum absolute atomic E-state index is 10.7. The second kappa shape index (κ2) is 14.9. The molecule has 0 radical (unpaired) electrons. The normalized spacial score (nSPS) is 10.4. The lowest BCUT2D eigenvalue weighted by molar-refractivity contribution is -0.145. The maximum Gasteiger partial charge on any atom is 0.333 e. The summed E-state index contributed by atoms with van der Waals surface area (Å²) < 4.78 is 9.70. The number of aliphatic carboxylic acids is 1. The quantitative estimate of drug-likeness (QED) is 0.228. The van der Waals surface area contributed by atoms with E-state index in [-0.39, 0.29) is 5.97 Å². The van der Waals surface area contributed by atoms with Gasteiger partial charge in [-0.3, -0.25) is 4.79 Å². The Morgan fingerprint density at radius 2 is 1.60 bits per heavy atom. The van der Waals surface area contributed by atoms with Gasteiger partial charge in [0.15, 0.2) is 0 Å². The fraction of sp³-hybridized carbons (Fsp3) is 0.684. The van der Waals surface area contributed by atoms with Gasteiger partial charge >= 0.3 is 11.9 Å². The number of rotatable bonds is 7. The first-order valence-electron chi connectivity index (χ1n) is 8.43. The second-order valence-electron chi connectivity index (χ2n) is 7.72. The van der Waals surface area contributed by atoms with Gasteiger partial charge in [0, 0.05) is 20.3 Å². The summed E-state index contributed by atoms with van der Waals surface area (Å²) in [5.41, 5.74) is -0.165. The van der Waals surface area contributed by atoms with Crippen LogP contribution in [0.5, 0.6) is 0 Å². The zero-order valence-corrected chi connectivity index (χ0v) is 18.4. The van der Waals surface area contributed by atoms with Crippen molar-refractivity contribution < 1.29 is 24.2 Å². The van der Waals surface area contributed by atoms with Gasteiger partial charge in [-0.15, -0.1) is 6.58 Å². The standard InChI is InChI=1S/C8H14O3.C6H14Si.C5H10O2/c1-4-10-5-6-11-8(9)7(2)3;1-5-6-7(2,3)4;1-5(2,3)4(6)7/h2,4-6H2,1,3H3;5H,1,6H2,2-4H3;1-3H3,(H,6,7). The van der Waals surface area contributed by atoms with E-state index in [1.807, 2.05) is 13.0 Å². The number of allylic oxidation sites excluding steroid dienone is 1. The molecule has 0 bridgehead atoms. The number of hydrogen-bond acceptors (Lipinski definition) is 4. The SMILES string of the molecule is C=C(C)C(=O)OCCOCC.C=CC[Si](C)(C)C.CC(C)(C)C(=O)O. The molecule has 0 aromatic heterocycles. The molecule has 0 aromatic carbocycles. The fourth-order valence-corrected chi connectivity index (χ4v) is 1.76. The molecule has 148 valence electrons. The highest BCUT2D eigenvalue weighted by atomic mass is 28.3. The van der Waals surface area contributed by atoms with E-state index >= 15 is 0 Å². The Bertz CT molecular complexity index is 403. The van der Waals surface area contributed by atoms with Crippen molar-refractivity contribution in [2.24, 2.45) is 5.41 Å². The van der Waals surface area contributed by atoms with Crippen LogP contribution in [-0.4, -0.2) is 44.9 Å². The molecule has 0 heterocycles. The molecule has 0 saturated heterocycles. The highest BCUT2D eigenvalue weighted by Crippen LogP contribution is 2.11. The molecule has 0 aliphatic heterocycles. The van der Waals surface area contributed by atoms with Crippen molar-refractivity contribution in [3.8, 4) is 0 Å². The average Bonchev–Trinajstić information content (AvgIpc) is 2.42. The van der Waals surface area contributed by atoms with Crippen molar-refractivity contribution in [3.63, 3.8) is 0 Å². The van der Waals surface area contributed by atoms with E-state index in [1.54, 1.807) is 27.7 Å². The van der Waals surface area contributed by atoms with Crippen molar-refractivity contribution in [1.29, 1.82) is 0 Å². The first-order chi connectivity index (χ1) is 11.2. The summed E-state index contributed by atoms with van der Waals surface area (Å²) in [6.45, 7) is 24.0. The lowest BCUT2D eigenvalue weighted by Crippen LogP contribution is -2.18. The molecular weight excluding hydrogens is 336 g/mol. The fourth-order valence-electron chi connectivity index (χ4n) is 0.894. The van der Waals surface area contributed by atoms with E-state index in [2.05, 4.69) is 32.8 Å². The van der Waals surface area contributed by atoms with E-state index in [1.165, 1.54) is 6.04 Å². The van der Waals surface area contributed by atoms with Gasteiger partial charge in [-0.25, -0.2) is 4.79 Å². The van der Waals surface area contributed by atoms with Crippen molar-refractivity contribution in [3.05, 3.63) is 24.8 Å². The van der Waals surface area contributed by atoms with E-state index in [0.717, 1.165) is 0 Å². The molecule has 0 saturated carbocycles. The molecule has 0 atom stereocenters. The Labute approximate surface area is 155 Å². The molecule has 0 aliphatic carbocycles. The van der Waals surface area contributed by atoms with Gasteiger partial charge < -0.3 is 14.6 Å². The van der Waals surface area contributed by atoms with Gasteiger partial charge in [0.2, 0.25) is 0 Å². The molecule has 0 spiro atoms. The third-order valence-electron chi connectivity index (χ3n) is 2.41. The van der Waals surface area contributed by atoms with Gasteiger partial charge in [0.1, 0.15) is 6.61 Å². The molecule has 0 unspecified atom stereocenters. The molecule has 25 heavy (non-hydrogen) atoms. The molecule has 0 rings (SSSR count). The van der Waals surface area contributed by atoms with Crippen LogP contribution in [0.1, 0.15) is 34.6 Å². The first kappa shape index (κ1) is 28.4. The van der Waals surface area contributed by atoms with Crippen LogP contribution in [0.25, 0.3) is 0 Å². The second-order valence-corrected chi connectivity index (χ2v) is 13.3. The van der Waals surface area contributed by atoms with E-state index in [4.69, 9.17) is 14.6 Å². The van der Waals surface area contributed by atoms with Crippen LogP contribution >= 0.6 is 0 Å². The maximum atomic E-state index is 10.7. The minimum atomic E-state index is -0.775. The number of hydrogen-bond donors (Lipinski definition) is 1. The molecule has 6 heteroatoms. The van der Waals surface area contributed by atoms with Crippen LogP contribution in [0.4, 0.5) is 0 Å². The summed E-state index contributed by atoms with van der Waals surface area (Å²) in [6, 6.07) is 1.24. The number of carbonyl (C=O) groups is 2. The highest BCUT2D eigenvalue weighted by molar-refractivity contribution is 6.76. The Balaban J connectivity index is -0.000000304. The summed E-state index contributed by atoms with van der Waals surface area (Å²) in [5.74, 6) is -1.11. The predicted octanol–water partition coefficient (Wildman–Crippen LogP) is 4.77. The lowest BCUT2D eigenvalue weighted by Gasteiger charge is -2.10. The van der Waals surface area contributed by atoms with Gasteiger partial charge in [-0.1, -0.05) is 32.3 Å². The zero-order valence-electron chi connectivity index (χ0n) is 17.4. The number of carboxylic acid groups (broad SMARTS) is 1. The third kappa shape index (κ3) is 27.7. The Morgan fingerprint density at radius 1 is 1.16 bits per heavy atom. The zero-order chi connectivity index (χ0) is 20.7. The van der Waals surface area contributed by atoms with Crippen LogP contribution < -0.4 is 0 Å². The highest BCUT2D eigenvalue weighted by Gasteiger charge is 2.18. The van der Waals surface area contributed by atoms with Crippen LogP contribution in [0.15, 0.2) is 24.8 Å². The van der Waals surface area contributed by atoms with Crippen molar-refractivity contribution in [2.45, 2.75) is 60.3 Å². The summed E-state index contributed by atoms with van der Waals surface area (Å²) in [4.78, 5) is 20.7. The summed E-state index contributed by atoms with van der Waals surface area (Å²) in [6.07, 6.45) is 2.02. The third-order valence-corrected chi connectivity index (χ3v) is 3.93. The average molecular weight is 375 g/mol. The van der Waals surface area contributed by atoms with Gasteiger partial charge in [0.05, 0.1) is 12.0 Å². The smallest absolute Gasteiger partial charge is 0.333 e. The van der Waals surface area contributed by atoms with Crippen molar-refractivity contribution in [2.75, 3.05) is 19.8 Å². The first-order valence-corrected chi connectivity index (χ1v) is 12.1.